The van der Waals surface area contributed by atoms with Crippen molar-refractivity contribution < 1.29 is 13.2 Å². The van der Waals surface area contributed by atoms with E-state index in [1.807, 2.05) is 47.4 Å². The van der Waals surface area contributed by atoms with Crippen molar-refractivity contribution in [3.05, 3.63) is 54.1 Å². The predicted octanol–water partition coefficient (Wildman–Crippen LogP) is 2.24. The summed E-state index contributed by atoms with van der Waals surface area (Å²) in [5.74, 6) is 0.122. The third-order valence-corrected chi connectivity index (χ3v) is 8.37. The van der Waals surface area contributed by atoms with E-state index in [4.69, 9.17) is 0 Å². The molecule has 3 heterocycles. The number of nitrogens with zero attached hydrogens (tertiary/aromatic N) is 4. The molecule has 2 aromatic carbocycles. The normalized spacial score (nSPS) is 21.0. The molecular weight excluding hydrogens is 400 g/mol. The molecule has 0 bridgehead atoms. The van der Waals surface area contributed by atoms with E-state index in [0.29, 0.717) is 32.5 Å². The predicted molar refractivity (Wildman–Crippen MR) is 118 cm³/mol. The van der Waals surface area contributed by atoms with Gasteiger partial charge < -0.3 is 4.90 Å². The van der Waals surface area contributed by atoms with Crippen molar-refractivity contribution in [3.63, 3.8) is 0 Å². The van der Waals surface area contributed by atoms with Crippen LogP contribution in [0.3, 0.4) is 0 Å². The third kappa shape index (κ3) is 3.06. The van der Waals surface area contributed by atoms with Crippen molar-refractivity contribution >= 4 is 33.2 Å². The first-order valence-electron chi connectivity index (χ1n) is 10.4. The van der Waals surface area contributed by atoms with Gasteiger partial charge in [0.15, 0.2) is 0 Å². The monoisotopic (exact) mass is 426 g/mol. The topological polar surface area (TPSA) is 64.2 Å². The van der Waals surface area contributed by atoms with Gasteiger partial charge in [0.1, 0.15) is 0 Å². The van der Waals surface area contributed by atoms with E-state index in [0.717, 1.165) is 30.0 Å². The van der Waals surface area contributed by atoms with E-state index >= 15 is 0 Å². The zero-order chi connectivity index (χ0) is 20.9. The molecule has 3 aliphatic heterocycles. The van der Waals surface area contributed by atoms with E-state index < -0.39 is 10.2 Å². The first-order valence-corrected chi connectivity index (χ1v) is 11.8. The standard InChI is InChI=1S/C22H26N4O3S/c1-23-20-8-4-5-9-21(20)26(30(23,28)29)18-11-13-24(14-12-18)16-22(27)25-15-10-17-6-2-3-7-19(17)25/h2-9,18H,10-16H2,1H3. The SMILES string of the molecule is CN1c2ccccc2N(C2CCN(CC(=O)N3CCc4ccccc43)CC2)S1(=O)=O. The maximum Gasteiger partial charge on any atom is 0.326 e. The molecule has 1 fully saturated rings. The first-order chi connectivity index (χ1) is 14.5. The fraction of sp³-hybridized carbons (Fsp3) is 0.409. The molecule has 0 unspecified atom stereocenters. The highest BCUT2D eigenvalue weighted by Gasteiger charge is 2.43. The van der Waals surface area contributed by atoms with Crippen molar-refractivity contribution in [1.29, 1.82) is 0 Å². The molecule has 0 N–H and O–H groups in total. The van der Waals surface area contributed by atoms with Gasteiger partial charge in [-0.2, -0.15) is 8.42 Å². The van der Waals surface area contributed by atoms with Gasteiger partial charge in [0.05, 0.1) is 17.9 Å². The molecule has 1 saturated heterocycles. The average molecular weight is 427 g/mol. The Morgan fingerprint density at radius 3 is 2.30 bits per heavy atom. The van der Waals surface area contributed by atoms with Crippen LogP contribution in [0, 0.1) is 0 Å². The Bertz CT molecular complexity index is 1080. The Labute approximate surface area is 177 Å². The summed E-state index contributed by atoms with van der Waals surface area (Å²) in [5.41, 5.74) is 3.73. The van der Waals surface area contributed by atoms with Crippen LogP contribution in [0.4, 0.5) is 17.1 Å². The van der Waals surface area contributed by atoms with Gasteiger partial charge in [-0.3, -0.25) is 14.0 Å². The van der Waals surface area contributed by atoms with Crippen molar-refractivity contribution in [2.75, 3.05) is 46.7 Å². The minimum absolute atomic E-state index is 0.0834. The number of fused-ring (bicyclic) bond motifs is 2. The summed E-state index contributed by atoms with van der Waals surface area (Å²) in [6.07, 6.45) is 2.33. The zero-order valence-corrected chi connectivity index (χ0v) is 17.9. The van der Waals surface area contributed by atoms with Gasteiger partial charge in [-0.25, -0.2) is 4.31 Å². The lowest BCUT2D eigenvalue weighted by Crippen LogP contribution is -2.50. The summed E-state index contributed by atoms with van der Waals surface area (Å²) in [6, 6.07) is 15.5. The Morgan fingerprint density at radius 2 is 1.57 bits per heavy atom. The molecule has 30 heavy (non-hydrogen) atoms. The van der Waals surface area contributed by atoms with E-state index in [9.17, 15) is 13.2 Å². The number of likely N-dealkylation sites (tertiary alicyclic amines) is 1. The molecule has 1 amide bonds. The Morgan fingerprint density at radius 1 is 0.933 bits per heavy atom. The molecule has 2 aromatic rings. The summed E-state index contributed by atoms with van der Waals surface area (Å²) in [4.78, 5) is 16.9. The second-order valence-electron chi connectivity index (χ2n) is 8.19. The minimum Gasteiger partial charge on any atom is -0.311 e. The zero-order valence-electron chi connectivity index (χ0n) is 17.1. The summed E-state index contributed by atoms with van der Waals surface area (Å²) in [5, 5.41) is 0. The molecule has 0 radical (unpaired) electrons. The van der Waals surface area contributed by atoms with Crippen LogP contribution in [0.5, 0.6) is 0 Å². The van der Waals surface area contributed by atoms with Crippen LogP contribution in [0.2, 0.25) is 0 Å². The number of carbonyl (C=O) groups is 1. The summed E-state index contributed by atoms with van der Waals surface area (Å²) >= 11 is 0. The molecule has 0 aromatic heterocycles. The maximum absolute atomic E-state index is 13.0. The summed E-state index contributed by atoms with van der Waals surface area (Å²) in [6.45, 7) is 2.54. The number of rotatable bonds is 3. The van der Waals surface area contributed by atoms with Crippen molar-refractivity contribution in [1.82, 2.24) is 4.90 Å². The quantitative estimate of drug-likeness (QED) is 0.755. The van der Waals surface area contributed by atoms with E-state index in [-0.39, 0.29) is 11.9 Å². The summed E-state index contributed by atoms with van der Waals surface area (Å²) < 4.78 is 28.9. The number of hydrogen-bond acceptors (Lipinski definition) is 4. The lowest BCUT2D eigenvalue weighted by molar-refractivity contribution is -0.119. The van der Waals surface area contributed by atoms with Crippen molar-refractivity contribution in [2.45, 2.75) is 25.3 Å². The fourth-order valence-corrected chi connectivity index (χ4v) is 6.53. The van der Waals surface area contributed by atoms with Gasteiger partial charge >= 0.3 is 10.2 Å². The fourth-order valence-electron chi connectivity index (χ4n) is 4.87. The van der Waals surface area contributed by atoms with Crippen LogP contribution in [-0.4, -0.2) is 58.5 Å². The first kappa shape index (κ1) is 19.4. The second-order valence-corrected chi connectivity index (χ2v) is 10.0. The number of piperidine rings is 1. The number of benzene rings is 2. The molecule has 8 heteroatoms. The number of para-hydroxylation sites is 3. The van der Waals surface area contributed by atoms with Crippen molar-refractivity contribution in [2.24, 2.45) is 0 Å². The van der Waals surface area contributed by atoms with Crippen LogP contribution in [0.15, 0.2) is 48.5 Å². The van der Waals surface area contributed by atoms with Crippen LogP contribution in [0.1, 0.15) is 18.4 Å². The number of carbonyl (C=O) groups excluding carboxylic acids is 1. The Kier molecular flexibility index (Phi) is 4.71. The van der Waals surface area contributed by atoms with Crippen LogP contribution in [-0.2, 0) is 21.4 Å². The highest BCUT2D eigenvalue weighted by Crippen LogP contribution is 2.42. The van der Waals surface area contributed by atoms with Gasteiger partial charge in [0.2, 0.25) is 5.91 Å². The van der Waals surface area contributed by atoms with Crippen molar-refractivity contribution in [3.8, 4) is 0 Å². The van der Waals surface area contributed by atoms with Gasteiger partial charge in [-0.1, -0.05) is 30.3 Å². The maximum atomic E-state index is 13.0. The molecule has 7 nitrogen and oxygen atoms in total. The molecule has 0 spiro atoms. The summed E-state index contributed by atoms with van der Waals surface area (Å²) in [7, 11) is -1.93. The van der Waals surface area contributed by atoms with Gasteiger partial charge in [-0.05, 0) is 43.0 Å². The van der Waals surface area contributed by atoms with Gasteiger partial charge in [-0.15, -0.1) is 0 Å². The van der Waals surface area contributed by atoms with Crippen LogP contribution >= 0.6 is 0 Å². The number of amides is 1. The lowest BCUT2D eigenvalue weighted by Gasteiger charge is -2.37. The van der Waals surface area contributed by atoms with Gasteiger partial charge in [0, 0.05) is 38.4 Å². The van der Waals surface area contributed by atoms with Gasteiger partial charge in [0.25, 0.3) is 0 Å². The highest BCUT2D eigenvalue weighted by atomic mass is 32.2. The smallest absolute Gasteiger partial charge is 0.311 e. The van der Waals surface area contributed by atoms with E-state index in [1.165, 1.54) is 9.87 Å². The molecule has 0 saturated carbocycles. The molecular formula is C22H26N4O3S. The highest BCUT2D eigenvalue weighted by molar-refractivity contribution is 7.94. The molecule has 3 aliphatic rings. The number of anilines is 3. The third-order valence-electron chi connectivity index (χ3n) is 6.49. The largest absolute Gasteiger partial charge is 0.326 e. The lowest BCUT2D eigenvalue weighted by atomic mass is 10.0. The minimum atomic E-state index is -3.54. The molecule has 5 rings (SSSR count). The Balaban J connectivity index is 1.25. The molecule has 0 atom stereocenters. The van der Waals surface area contributed by atoms with E-state index in [2.05, 4.69) is 11.0 Å². The van der Waals surface area contributed by atoms with E-state index in [1.54, 1.807) is 11.4 Å². The van der Waals surface area contributed by atoms with Crippen LogP contribution < -0.4 is 13.5 Å². The van der Waals surface area contributed by atoms with Crippen LogP contribution in [0.25, 0.3) is 0 Å². The molecule has 0 aliphatic carbocycles. The second kappa shape index (κ2) is 7.28. The molecule has 158 valence electrons. The Hall–Kier alpha value is -2.58. The number of hydrogen-bond donors (Lipinski definition) is 0. The average Bonchev–Trinajstić information content (AvgIpc) is 3.27.